The SMILES string of the molecule is CN1CCNc2cc(Nc3ccncc3)ncc2C1. The maximum atomic E-state index is 4.47. The molecule has 2 N–H and O–H groups in total. The minimum Gasteiger partial charge on any atom is -0.383 e. The predicted octanol–water partition coefficient (Wildman–Crippen LogP) is 2.08. The van der Waals surface area contributed by atoms with Crippen LogP contribution in [0.4, 0.5) is 17.2 Å². The highest BCUT2D eigenvalue weighted by Gasteiger charge is 2.11. The number of rotatable bonds is 2. The first-order valence-electron chi connectivity index (χ1n) is 6.40. The van der Waals surface area contributed by atoms with E-state index in [2.05, 4.69) is 38.6 Å². The standard InChI is InChI=1S/C14H17N5/c1-19-7-6-16-13-8-14(17-9-11(13)10-19)18-12-2-4-15-5-3-12/h2-5,8-9,16H,6-7,10H2,1H3,(H,15,17,18). The van der Waals surface area contributed by atoms with Gasteiger partial charge in [-0.05, 0) is 19.2 Å². The summed E-state index contributed by atoms with van der Waals surface area (Å²) in [5, 5.41) is 6.73. The van der Waals surface area contributed by atoms with Gasteiger partial charge in [0.05, 0.1) is 0 Å². The summed E-state index contributed by atoms with van der Waals surface area (Å²) in [4.78, 5) is 10.8. The van der Waals surface area contributed by atoms with Gasteiger partial charge in [0, 0.05) is 61.2 Å². The van der Waals surface area contributed by atoms with Crippen LogP contribution < -0.4 is 10.6 Å². The summed E-state index contributed by atoms with van der Waals surface area (Å²) in [5.74, 6) is 0.849. The average Bonchev–Trinajstić information content (AvgIpc) is 2.60. The summed E-state index contributed by atoms with van der Waals surface area (Å²) in [6.07, 6.45) is 5.46. The quantitative estimate of drug-likeness (QED) is 0.860. The molecular weight excluding hydrogens is 238 g/mol. The Kier molecular flexibility index (Phi) is 3.29. The second-order valence-electron chi connectivity index (χ2n) is 4.75. The van der Waals surface area contributed by atoms with Crippen molar-refractivity contribution in [3.8, 4) is 0 Å². The highest BCUT2D eigenvalue weighted by Crippen LogP contribution is 2.23. The number of pyridine rings is 2. The van der Waals surface area contributed by atoms with Crippen molar-refractivity contribution in [2.24, 2.45) is 0 Å². The van der Waals surface area contributed by atoms with Crippen LogP contribution in [0.25, 0.3) is 0 Å². The molecule has 0 unspecified atom stereocenters. The number of nitrogens with one attached hydrogen (secondary N) is 2. The fraction of sp³-hybridized carbons (Fsp3) is 0.286. The Balaban J connectivity index is 1.83. The van der Waals surface area contributed by atoms with E-state index in [0.717, 1.165) is 36.8 Å². The van der Waals surface area contributed by atoms with E-state index in [9.17, 15) is 0 Å². The van der Waals surface area contributed by atoms with Gasteiger partial charge < -0.3 is 15.5 Å². The van der Waals surface area contributed by atoms with E-state index in [-0.39, 0.29) is 0 Å². The summed E-state index contributed by atoms with van der Waals surface area (Å²) in [7, 11) is 2.12. The minimum atomic E-state index is 0.849. The van der Waals surface area contributed by atoms with Crippen LogP contribution in [0.2, 0.25) is 0 Å². The van der Waals surface area contributed by atoms with Crippen molar-refractivity contribution in [3.63, 3.8) is 0 Å². The lowest BCUT2D eigenvalue weighted by atomic mass is 10.2. The average molecular weight is 255 g/mol. The molecule has 3 heterocycles. The summed E-state index contributed by atoms with van der Waals surface area (Å²) < 4.78 is 0. The summed E-state index contributed by atoms with van der Waals surface area (Å²) in [5.41, 5.74) is 3.39. The van der Waals surface area contributed by atoms with Crippen LogP contribution in [0.3, 0.4) is 0 Å². The van der Waals surface area contributed by atoms with Crippen LogP contribution >= 0.6 is 0 Å². The van der Waals surface area contributed by atoms with Crippen LogP contribution in [-0.2, 0) is 6.54 Å². The Hall–Kier alpha value is -2.14. The van der Waals surface area contributed by atoms with Crippen molar-refractivity contribution >= 4 is 17.2 Å². The first kappa shape index (κ1) is 11.9. The lowest BCUT2D eigenvalue weighted by Crippen LogP contribution is -2.20. The Morgan fingerprint density at radius 3 is 3.00 bits per heavy atom. The third-order valence-electron chi connectivity index (χ3n) is 3.19. The summed E-state index contributed by atoms with van der Waals surface area (Å²) in [6.45, 7) is 2.94. The van der Waals surface area contributed by atoms with E-state index in [0.29, 0.717) is 0 Å². The van der Waals surface area contributed by atoms with Gasteiger partial charge in [-0.1, -0.05) is 0 Å². The summed E-state index contributed by atoms with van der Waals surface area (Å²) >= 11 is 0. The zero-order valence-electron chi connectivity index (χ0n) is 10.9. The fourth-order valence-corrected chi connectivity index (χ4v) is 2.18. The molecule has 0 bridgehead atoms. The number of hydrogen-bond donors (Lipinski definition) is 2. The van der Waals surface area contributed by atoms with E-state index in [4.69, 9.17) is 0 Å². The molecule has 0 aliphatic carbocycles. The highest BCUT2D eigenvalue weighted by atomic mass is 15.1. The van der Waals surface area contributed by atoms with Crippen molar-refractivity contribution in [2.75, 3.05) is 30.8 Å². The molecule has 0 radical (unpaired) electrons. The maximum absolute atomic E-state index is 4.47. The molecule has 0 atom stereocenters. The number of fused-ring (bicyclic) bond motifs is 1. The first-order valence-corrected chi connectivity index (χ1v) is 6.40. The molecule has 0 spiro atoms. The van der Waals surface area contributed by atoms with Crippen LogP contribution in [0.15, 0.2) is 36.8 Å². The smallest absolute Gasteiger partial charge is 0.132 e. The first-order chi connectivity index (χ1) is 9.31. The molecule has 5 heteroatoms. The zero-order chi connectivity index (χ0) is 13.1. The topological polar surface area (TPSA) is 53.1 Å². The number of nitrogens with zero attached hydrogens (tertiary/aromatic N) is 3. The Morgan fingerprint density at radius 1 is 1.32 bits per heavy atom. The van der Waals surface area contributed by atoms with Crippen molar-refractivity contribution in [3.05, 3.63) is 42.4 Å². The molecule has 5 nitrogen and oxygen atoms in total. The van der Waals surface area contributed by atoms with Crippen LogP contribution in [0, 0.1) is 0 Å². The molecule has 98 valence electrons. The van der Waals surface area contributed by atoms with Gasteiger partial charge in [-0.2, -0.15) is 0 Å². The molecule has 19 heavy (non-hydrogen) atoms. The van der Waals surface area contributed by atoms with Gasteiger partial charge in [0.2, 0.25) is 0 Å². The second-order valence-corrected chi connectivity index (χ2v) is 4.75. The van der Waals surface area contributed by atoms with E-state index in [1.807, 2.05) is 18.3 Å². The molecule has 2 aromatic heterocycles. The molecule has 2 aromatic rings. The molecule has 3 rings (SSSR count). The van der Waals surface area contributed by atoms with Gasteiger partial charge in [-0.15, -0.1) is 0 Å². The molecule has 0 saturated heterocycles. The van der Waals surface area contributed by atoms with E-state index in [1.54, 1.807) is 12.4 Å². The third-order valence-corrected chi connectivity index (χ3v) is 3.19. The van der Waals surface area contributed by atoms with Gasteiger partial charge in [0.25, 0.3) is 0 Å². The maximum Gasteiger partial charge on any atom is 0.132 e. The number of hydrogen-bond acceptors (Lipinski definition) is 5. The van der Waals surface area contributed by atoms with E-state index < -0.39 is 0 Å². The molecule has 1 aliphatic heterocycles. The Labute approximate surface area is 112 Å². The lowest BCUT2D eigenvalue weighted by Gasteiger charge is -2.12. The fourth-order valence-electron chi connectivity index (χ4n) is 2.18. The Bertz CT molecular complexity index is 555. The van der Waals surface area contributed by atoms with Crippen molar-refractivity contribution < 1.29 is 0 Å². The predicted molar refractivity (Wildman–Crippen MR) is 76.6 cm³/mol. The number of aromatic nitrogens is 2. The zero-order valence-corrected chi connectivity index (χ0v) is 10.9. The van der Waals surface area contributed by atoms with Crippen LogP contribution in [-0.4, -0.2) is 35.0 Å². The largest absolute Gasteiger partial charge is 0.383 e. The minimum absolute atomic E-state index is 0.849. The highest BCUT2D eigenvalue weighted by molar-refractivity contribution is 5.63. The van der Waals surface area contributed by atoms with Crippen molar-refractivity contribution in [2.45, 2.75) is 6.54 Å². The molecule has 0 fully saturated rings. The lowest BCUT2D eigenvalue weighted by molar-refractivity contribution is 0.346. The van der Waals surface area contributed by atoms with Gasteiger partial charge in [0.15, 0.2) is 0 Å². The van der Waals surface area contributed by atoms with Gasteiger partial charge >= 0.3 is 0 Å². The molecule has 1 aliphatic rings. The normalized spacial score (nSPS) is 15.2. The van der Waals surface area contributed by atoms with Crippen LogP contribution in [0.1, 0.15) is 5.56 Å². The number of anilines is 3. The molecular formula is C14H17N5. The summed E-state index contributed by atoms with van der Waals surface area (Å²) in [6, 6.07) is 5.91. The van der Waals surface area contributed by atoms with E-state index in [1.165, 1.54) is 5.56 Å². The molecule has 0 aromatic carbocycles. The van der Waals surface area contributed by atoms with Crippen molar-refractivity contribution in [1.29, 1.82) is 0 Å². The number of likely N-dealkylation sites (N-methyl/N-ethyl adjacent to an activating group) is 1. The monoisotopic (exact) mass is 255 g/mol. The van der Waals surface area contributed by atoms with Crippen LogP contribution in [0.5, 0.6) is 0 Å². The van der Waals surface area contributed by atoms with Gasteiger partial charge in [-0.3, -0.25) is 4.98 Å². The third kappa shape index (κ3) is 2.82. The van der Waals surface area contributed by atoms with Crippen molar-refractivity contribution in [1.82, 2.24) is 14.9 Å². The molecule has 0 amide bonds. The Morgan fingerprint density at radius 2 is 2.16 bits per heavy atom. The van der Waals surface area contributed by atoms with E-state index >= 15 is 0 Å². The van der Waals surface area contributed by atoms with Gasteiger partial charge in [-0.25, -0.2) is 4.98 Å². The second kappa shape index (κ2) is 5.24. The molecule has 0 saturated carbocycles. The van der Waals surface area contributed by atoms with Gasteiger partial charge in [0.1, 0.15) is 5.82 Å².